The lowest BCUT2D eigenvalue weighted by atomic mass is 9.79. The molecule has 1 aliphatic carbocycles. The maximum Gasteiger partial charge on any atom is 0.408 e. The lowest BCUT2D eigenvalue weighted by molar-refractivity contribution is -0.149. The second kappa shape index (κ2) is 8.43. The predicted octanol–water partition coefficient (Wildman–Crippen LogP) is 2.33. The molecule has 2 atom stereocenters. The average molecular weight is 468 g/mol. The van der Waals surface area contributed by atoms with Gasteiger partial charge in [-0.3, -0.25) is 19.7 Å². The van der Waals surface area contributed by atoms with Crippen molar-refractivity contribution in [2.45, 2.75) is 45.2 Å². The minimum absolute atomic E-state index is 0.244. The van der Waals surface area contributed by atoms with Crippen LogP contribution in [-0.2, 0) is 16.1 Å². The molecule has 1 saturated heterocycles. The quantitative estimate of drug-likeness (QED) is 0.468. The molecule has 1 aromatic heterocycles. The molecule has 5 rings (SSSR count). The smallest absolute Gasteiger partial charge is 0.408 e. The van der Waals surface area contributed by atoms with E-state index < -0.39 is 24.0 Å². The van der Waals surface area contributed by atoms with Crippen molar-refractivity contribution in [3.05, 3.63) is 36.2 Å². The van der Waals surface area contributed by atoms with Crippen LogP contribution in [0.2, 0.25) is 0 Å². The standard InChI is InChI=1S/C24H29N5O5/c1-2-27-14-25-18-4-3-16(11-19(18)27)15-5-9-28(10-6-15)22(31)20-17(21(30)26-34)12-24(7-8-24)13-29(20)23(32)33/h3-5,11,14,17,20,34H,2,6-10,12-13H2,1H3,(H,26,30)(H,32,33)/t17-,20-/m0/s1. The number of aryl methyl sites for hydroxylation is 1. The summed E-state index contributed by atoms with van der Waals surface area (Å²) in [6, 6.07) is 5.00. The maximum absolute atomic E-state index is 13.5. The topological polar surface area (TPSA) is 128 Å². The van der Waals surface area contributed by atoms with E-state index in [1.807, 2.05) is 24.5 Å². The molecule has 10 nitrogen and oxygen atoms in total. The number of nitrogens with one attached hydrogen (secondary N) is 1. The maximum atomic E-state index is 13.5. The molecule has 0 unspecified atom stereocenters. The van der Waals surface area contributed by atoms with Crippen LogP contribution in [-0.4, -0.2) is 73.2 Å². The number of likely N-dealkylation sites (tertiary alicyclic amines) is 1. The van der Waals surface area contributed by atoms with Crippen molar-refractivity contribution in [3.8, 4) is 0 Å². The molecule has 1 aromatic carbocycles. The minimum atomic E-state index is -1.21. The minimum Gasteiger partial charge on any atom is -0.465 e. The Morgan fingerprint density at radius 1 is 1.26 bits per heavy atom. The van der Waals surface area contributed by atoms with Gasteiger partial charge in [0.1, 0.15) is 6.04 Å². The summed E-state index contributed by atoms with van der Waals surface area (Å²) in [7, 11) is 0. The highest BCUT2D eigenvalue weighted by Crippen LogP contribution is 2.55. The Morgan fingerprint density at radius 2 is 2.06 bits per heavy atom. The normalized spacial score (nSPS) is 23.6. The van der Waals surface area contributed by atoms with Crippen molar-refractivity contribution in [1.82, 2.24) is 24.8 Å². The average Bonchev–Trinajstić information content (AvgIpc) is 3.47. The molecule has 34 heavy (non-hydrogen) atoms. The molecule has 1 saturated carbocycles. The molecule has 2 fully saturated rings. The lowest BCUT2D eigenvalue weighted by Crippen LogP contribution is -2.62. The van der Waals surface area contributed by atoms with E-state index in [2.05, 4.69) is 22.5 Å². The van der Waals surface area contributed by atoms with Gasteiger partial charge in [-0.15, -0.1) is 0 Å². The van der Waals surface area contributed by atoms with Crippen LogP contribution < -0.4 is 5.48 Å². The number of piperidine rings is 1. The summed E-state index contributed by atoms with van der Waals surface area (Å²) in [4.78, 5) is 45.1. The van der Waals surface area contributed by atoms with E-state index >= 15 is 0 Å². The van der Waals surface area contributed by atoms with E-state index in [0.29, 0.717) is 25.9 Å². The van der Waals surface area contributed by atoms with Gasteiger partial charge < -0.3 is 14.6 Å². The number of benzene rings is 1. The summed E-state index contributed by atoms with van der Waals surface area (Å²) in [6.45, 7) is 3.90. The van der Waals surface area contributed by atoms with Gasteiger partial charge in [-0.05, 0) is 61.3 Å². The third-order valence-corrected chi connectivity index (χ3v) is 7.63. The van der Waals surface area contributed by atoms with Crippen LogP contribution in [0.1, 0.15) is 38.2 Å². The highest BCUT2D eigenvalue weighted by atomic mass is 16.5. The number of nitrogens with zero attached hydrogens (tertiary/aromatic N) is 4. The number of rotatable bonds is 4. The first-order valence-electron chi connectivity index (χ1n) is 11.7. The van der Waals surface area contributed by atoms with Crippen LogP contribution in [0.5, 0.6) is 0 Å². The van der Waals surface area contributed by atoms with Gasteiger partial charge in [0.25, 0.3) is 0 Å². The Bertz CT molecular complexity index is 1180. The number of carboxylic acid groups (broad SMARTS) is 1. The monoisotopic (exact) mass is 467 g/mol. The number of carbonyl (C=O) groups excluding carboxylic acids is 2. The number of imidazole rings is 1. The third-order valence-electron chi connectivity index (χ3n) is 7.63. The number of amides is 3. The molecule has 0 bridgehead atoms. The van der Waals surface area contributed by atoms with E-state index in [1.54, 1.807) is 10.4 Å². The predicted molar refractivity (Wildman–Crippen MR) is 123 cm³/mol. The van der Waals surface area contributed by atoms with Gasteiger partial charge >= 0.3 is 6.09 Å². The van der Waals surface area contributed by atoms with Gasteiger partial charge in [0, 0.05) is 26.2 Å². The van der Waals surface area contributed by atoms with E-state index in [0.717, 1.165) is 46.5 Å². The number of aromatic nitrogens is 2. The second-order valence-electron chi connectivity index (χ2n) is 9.64. The van der Waals surface area contributed by atoms with Crippen molar-refractivity contribution in [3.63, 3.8) is 0 Å². The molecular formula is C24H29N5O5. The van der Waals surface area contributed by atoms with Crippen LogP contribution in [0, 0.1) is 11.3 Å². The fourth-order valence-corrected chi connectivity index (χ4v) is 5.50. The molecule has 3 amide bonds. The Kier molecular flexibility index (Phi) is 5.55. The largest absolute Gasteiger partial charge is 0.465 e. The van der Waals surface area contributed by atoms with Crippen molar-refractivity contribution < 1.29 is 24.7 Å². The molecule has 3 aliphatic rings. The molecule has 1 spiro atoms. The van der Waals surface area contributed by atoms with Crippen molar-refractivity contribution in [2.75, 3.05) is 19.6 Å². The number of hydroxylamine groups is 1. The summed E-state index contributed by atoms with van der Waals surface area (Å²) in [5.74, 6) is -2.00. The summed E-state index contributed by atoms with van der Waals surface area (Å²) in [5.41, 5.74) is 5.58. The van der Waals surface area contributed by atoms with Crippen molar-refractivity contribution >= 4 is 34.5 Å². The SMILES string of the molecule is CCn1cnc2ccc(C3=CCN(C(=O)[C@@H]4[C@@H](C(=O)NO)CC5(CC5)CN4C(=O)O)CC3)cc21. The van der Waals surface area contributed by atoms with E-state index in [9.17, 15) is 24.7 Å². The van der Waals surface area contributed by atoms with Gasteiger partial charge in [0.15, 0.2) is 0 Å². The molecule has 180 valence electrons. The van der Waals surface area contributed by atoms with E-state index in [1.165, 1.54) is 0 Å². The zero-order valence-electron chi connectivity index (χ0n) is 19.1. The van der Waals surface area contributed by atoms with E-state index in [-0.39, 0.29) is 17.9 Å². The molecule has 3 N–H and O–H groups in total. The Hall–Kier alpha value is -3.40. The fraction of sp³-hybridized carbons (Fsp3) is 0.500. The Labute approximate surface area is 196 Å². The first kappa shape index (κ1) is 22.4. The molecule has 3 heterocycles. The zero-order chi connectivity index (χ0) is 24.0. The molecule has 2 aromatic rings. The van der Waals surface area contributed by atoms with Gasteiger partial charge in [-0.1, -0.05) is 12.1 Å². The molecule has 2 aliphatic heterocycles. The molecular weight excluding hydrogens is 438 g/mol. The summed E-state index contributed by atoms with van der Waals surface area (Å²) < 4.78 is 2.08. The van der Waals surface area contributed by atoms with Crippen molar-refractivity contribution in [2.24, 2.45) is 11.3 Å². The Morgan fingerprint density at radius 3 is 2.68 bits per heavy atom. The highest BCUT2D eigenvalue weighted by Gasteiger charge is 2.57. The van der Waals surface area contributed by atoms with Crippen LogP contribution in [0.25, 0.3) is 16.6 Å². The van der Waals surface area contributed by atoms with Crippen LogP contribution >= 0.6 is 0 Å². The first-order chi connectivity index (χ1) is 16.4. The van der Waals surface area contributed by atoms with Gasteiger partial charge in [0.2, 0.25) is 11.8 Å². The summed E-state index contributed by atoms with van der Waals surface area (Å²) >= 11 is 0. The number of hydrogen-bond acceptors (Lipinski definition) is 5. The third kappa shape index (κ3) is 3.81. The number of carbonyl (C=O) groups is 3. The van der Waals surface area contributed by atoms with Gasteiger partial charge in [0.05, 0.1) is 23.3 Å². The van der Waals surface area contributed by atoms with Crippen LogP contribution in [0.15, 0.2) is 30.6 Å². The highest BCUT2D eigenvalue weighted by molar-refractivity contribution is 5.93. The fourth-order valence-electron chi connectivity index (χ4n) is 5.50. The lowest BCUT2D eigenvalue weighted by Gasteiger charge is -2.44. The van der Waals surface area contributed by atoms with Crippen molar-refractivity contribution in [1.29, 1.82) is 0 Å². The molecule has 0 radical (unpaired) electrons. The summed E-state index contributed by atoms with van der Waals surface area (Å²) in [6.07, 6.45) is 5.28. The zero-order valence-corrected chi connectivity index (χ0v) is 19.1. The Balaban J connectivity index is 1.37. The van der Waals surface area contributed by atoms with Gasteiger partial charge in [-0.25, -0.2) is 15.3 Å². The molecule has 10 heteroatoms. The summed E-state index contributed by atoms with van der Waals surface area (Å²) in [5, 5.41) is 19.1. The second-order valence-corrected chi connectivity index (χ2v) is 9.64. The van der Waals surface area contributed by atoms with Crippen LogP contribution in [0.3, 0.4) is 0 Å². The van der Waals surface area contributed by atoms with Crippen LogP contribution in [0.4, 0.5) is 4.79 Å². The number of hydrogen-bond donors (Lipinski definition) is 3. The number of fused-ring (bicyclic) bond motifs is 1. The van der Waals surface area contributed by atoms with E-state index in [4.69, 9.17) is 0 Å². The first-order valence-corrected chi connectivity index (χ1v) is 11.7. The van der Waals surface area contributed by atoms with Gasteiger partial charge in [-0.2, -0.15) is 0 Å².